The van der Waals surface area contributed by atoms with Crippen LogP contribution >= 0.6 is 11.8 Å². The van der Waals surface area contributed by atoms with E-state index in [2.05, 4.69) is 9.44 Å². The Labute approximate surface area is 154 Å². The Bertz CT molecular complexity index is 710. The van der Waals surface area contributed by atoms with E-state index in [9.17, 15) is 28.8 Å². The topological polar surface area (TPSA) is 166 Å². The van der Waals surface area contributed by atoms with Gasteiger partial charge in [0.15, 0.2) is 0 Å². The zero-order valence-corrected chi connectivity index (χ0v) is 15.0. The molecule has 1 aliphatic heterocycles. The molecule has 10 nitrogen and oxygen atoms in total. The monoisotopic (exact) mass is 409 g/mol. The third-order valence-corrected chi connectivity index (χ3v) is 4.91. The van der Waals surface area contributed by atoms with Crippen molar-refractivity contribution >= 4 is 27.2 Å². The molecule has 0 spiro atoms. The van der Waals surface area contributed by atoms with Crippen LogP contribution in [0.1, 0.15) is 5.56 Å². The number of thioether (sulfide) groups is 1. The molecule has 1 aromatic carbocycles. The summed E-state index contributed by atoms with van der Waals surface area (Å²) in [4.78, 5) is 0. The number of ether oxygens (including phenoxy) is 1. The second kappa shape index (κ2) is 9.10. The number of nitrogens with zero attached hydrogens (tertiary/aromatic N) is 1. The lowest BCUT2D eigenvalue weighted by atomic mass is 10.0. The van der Waals surface area contributed by atoms with E-state index in [1.807, 2.05) is 0 Å². The van der Waals surface area contributed by atoms with Crippen LogP contribution in [0.3, 0.4) is 0 Å². The molecule has 0 amide bonds. The third kappa shape index (κ3) is 5.89. The van der Waals surface area contributed by atoms with Crippen LogP contribution < -0.4 is 0 Å². The van der Waals surface area contributed by atoms with Crippen molar-refractivity contribution in [3.63, 3.8) is 0 Å². The minimum atomic E-state index is -4.83. The molecule has 1 saturated heterocycles. The van der Waals surface area contributed by atoms with Gasteiger partial charge >= 0.3 is 10.4 Å². The molecule has 5 N–H and O–H groups in total. The van der Waals surface area contributed by atoms with Gasteiger partial charge in [0, 0.05) is 6.42 Å². The number of oxime groups is 1. The summed E-state index contributed by atoms with van der Waals surface area (Å²) in [6.45, 7) is -0.602. The van der Waals surface area contributed by atoms with E-state index in [4.69, 9.17) is 9.29 Å². The van der Waals surface area contributed by atoms with Crippen LogP contribution in [0.4, 0.5) is 0 Å². The summed E-state index contributed by atoms with van der Waals surface area (Å²) < 4.78 is 39.6. The van der Waals surface area contributed by atoms with E-state index in [0.717, 1.165) is 17.3 Å². The first-order chi connectivity index (χ1) is 12.2. The van der Waals surface area contributed by atoms with Gasteiger partial charge in [-0.25, -0.2) is 4.28 Å². The van der Waals surface area contributed by atoms with Gasteiger partial charge < -0.3 is 25.2 Å². The van der Waals surface area contributed by atoms with Crippen molar-refractivity contribution in [2.24, 2.45) is 5.16 Å². The Morgan fingerprint density at radius 3 is 2.38 bits per heavy atom. The summed E-state index contributed by atoms with van der Waals surface area (Å²) in [5.41, 5.74) is -0.444. The van der Waals surface area contributed by atoms with Gasteiger partial charge in [-0.1, -0.05) is 47.2 Å². The number of hydrogen-bond donors (Lipinski definition) is 5. The Hall–Kier alpha value is -1.25. The molecular formula is C14H19NO9S2. The summed E-state index contributed by atoms with van der Waals surface area (Å²) in [6.07, 6.45) is -5.68. The minimum Gasteiger partial charge on any atom is -0.394 e. The van der Waals surface area contributed by atoms with Crippen LogP contribution in [0, 0.1) is 0 Å². The highest BCUT2D eigenvalue weighted by Crippen LogP contribution is 2.30. The van der Waals surface area contributed by atoms with Crippen molar-refractivity contribution in [2.75, 3.05) is 6.61 Å². The van der Waals surface area contributed by atoms with Gasteiger partial charge in [0.05, 0.1) is 6.61 Å². The highest BCUT2D eigenvalue weighted by molar-refractivity contribution is 8.14. The summed E-state index contributed by atoms with van der Waals surface area (Å²) in [5.74, 6) is 0. The molecule has 1 heterocycles. The van der Waals surface area contributed by atoms with E-state index in [1.165, 1.54) is 0 Å². The van der Waals surface area contributed by atoms with E-state index in [0.29, 0.717) is 0 Å². The van der Waals surface area contributed by atoms with Crippen molar-refractivity contribution in [1.82, 2.24) is 0 Å². The minimum absolute atomic E-state index is 0.0122. The van der Waals surface area contributed by atoms with Gasteiger partial charge in [-0.2, -0.15) is 8.42 Å². The van der Waals surface area contributed by atoms with Gasteiger partial charge in [0.1, 0.15) is 34.9 Å². The fourth-order valence-corrected chi connectivity index (χ4v) is 3.58. The number of aliphatic hydroxyl groups is 4. The van der Waals surface area contributed by atoms with Gasteiger partial charge in [-0.3, -0.25) is 4.55 Å². The van der Waals surface area contributed by atoms with Gasteiger partial charge in [0.25, 0.3) is 0 Å². The van der Waals surface area contributed by atoms with Crippen LogP contribution in [-0.2, 0) is 25.8 Å². The van der Waals surface area contributed by atoms with Crippen LogP contribution in [0.2, 0.25) is 0 Å². The molecule has 0 bridgehead atoms. The standard InChI is InChI=1S/C14H19NO9S2/c16-7-9-11(17)12(18)13(19)14(23-9)25-10(15-24-26(20,21)22)6-8-4-2-1-3-5-8/h1-5,9,11-14,16-19H,6-7H2,(H,20,21,22)/b15-10+/t9-,11+,12-,13+,14-/m0/s1. The van der Waals surface area contributed by atoms with E-state index >= 15 is 0 Å². The summed E-state index contributed by atoms with van der Waals surface area (Å²) >= 11 is 0.729. The molecule has 0 unspecified atom stereocenters. The molecule has 1 fully saturated rings. The van der Waals surface area contributed by atoms with E-state index < -0.39 is 46.9 Å². The lowest BCUT2D eigenvalue weighted by Crippen LogP contribution is -2.57. The van der Waals surface area contributed by atoms with Crippen molar-refractivity contribution in [1.29, 1.82) is 0 Å². The summed E-state index contributed by atoms with van der Waals surface area (Å²) in [5, 5.41) is 42.2. The fourth-order valence-electron chi connectivity index (χ4n) is 2.25. The van der Waals surface area contributed by atoms with Crippen molar-refractivity contribution in [3.05, 3.63) is 35.9 Å². The normalized spacial score (nSPS) is 30.2. The SMILES string of the molecule is O=S(=O)(O)O/N=C(\Cc1ccccc1)S[C@@H]1O[C@@H](CO)[C@@H](O)[C@H](O)[C@H]1O. The Balaban J connectivity index is 2.19. The Morgan fingerprint density at radius 1 is 1.15 bits per heavy atom. The van der Waals surface area contributed by atoms with Crippen LogP contribution in [0.5, 0.6) is 0 Å². The summed E-state index contributed by atoms with van der Waals surface area (Å²) in [6, 6.07) is 8.73. The second-order valence-corrected chi connectivity index (χ2v) is 7.64. The van der Waals surface area contributed by atoms with E-state index in [-0.39, 0.29) is 11.5 Å². The van der Waals surface area contributed by atoms with Crippen LogP contribution in [0.25, 0.3) is 0 Å². The molecule has 5 atom stereocenters. The average molecular weight is 409 g/mol. The highest BCUT2D eigenvalue weighted by Gasteiger charge is 2.44. The van der Waals surface area contributed by atoms with Crippen LogP contribution in [-0.4, -0.2) is 74.9 Å². The molecule has 12 heteroatoms. The van der Waals surface area contributed by atoms with Crippen LogP contribution in [0.15, 0.2) is 35.5 Å². The molecular weight excluding hydrogens is 390 g/mol. The molecule has 0 saturated carbocycles. The average Bonchev–Trinajstić information content (AvgIpc) is 2.60. The molecule has 0 aliphatic carbocycles. The Kier molecular flexibility index (Phi) is 7.37. The molecule has 0 radical (unpaired) electrons. The first-order valence-electron chi connectivity index (χ1n) is 7.45. The van der Waals surface area contributed by atoms with Gasteiger partial charge in [0.2, 0.25) is 0 Å². The zero-order chi connectivity index (χ0) is 19.3. The Morgan fingerprint density at radius 2 is 1.81 bits per heavy atom. The third-order valence-electron chi connectivity index (χ3n) is 3.53. The van der Waals surface area contributed by atoms with Gasteiger partial charge in [-0.05, 0) is 5.56 Å². The van der Waals surface area contributed by atoms with Crippen molar-refractivity contribution in [2.45, 2.75) is 36.3 Å². The molecule has 2 rings (SSSR count). The maximum Gasteiger partial charge on any atom is 0.466 e. The molecule has 26 heavy (non-hydrogen) atoms. The molecule has 1 aromatic rings. The quantitative estimate of drug-likeness (QED) is 0.168. The predicted molar refractivity (Wildman–Crippen MR) is 91.6 cm³/mol. The predicted octanol–water partition coefficient (Wildman–Crippen LogP) is -1.10. The van der Waals surface area contributed by atoms with Crippen molar-refractivity contribution in [3.8, 4) is 0 Å². The second-order valence-electron chi connectivity index (χ2n) is 5.46. The van der Waals surface area contributed by atoms with Crippen molar-refractivity contribution < 1.29 is 42.4 Å². The maximum atomic E-state index is 10.8. The number of rotatable bonds is 6. The number of hydrogen-bond acceptors (Lipinski definition) is 10. The molecule has 1 aliphatic rings. The molecule has 0 aromatic heterocycles. The lowest BCUT2D eigenvalue weighted by molar-refractivity contribution is -0.205. The number of aliphatic hydroxyl groups excluding tert-OH is 4. The van der Waals surface area contributed by atoms with E-state index in [1.54, 1.807) is 30.3 Å². The first kappa shape index (κ1) is 21.1. The van der Waals surface area contributed by atoms with Gasteiger partial charge in [-0.15, -0.1) is 0 Å². The molecule has 146 valence electrons. The smallest absolute Gasteiger partial charge is 0.394 e. The first-order valence-corrected chi connectivity index (χ1v) is 9.69. The fraction of sp³-hybridized carbons (Fsp3) is 0.500. The lowest BCUT2D eigenvalue weighted by Gasteiger charge is -2.39. The summed E-state index contributed by atoms with van der Waals surface area (Å²) in [7, 11) is -4.83. The largest absolute Gasteiger partial charge is 0.466 e. The highest BCUT2D eigenvalue weighted by atomic mass is 32.3. The maximum absolute atomic E-state index is 10.8. The number of benzene rings is 1. The zero-order valence-electron chi connectivity index (χ0n) is 13.3.